The van der Waals surface area contributed by atoms with Gasteiger partial charge in [0.2, 0.25) is 5.91 Å². The number of benzene rings is 1. The second kappa shape index (κ2) is 7.38. The molecule has 2 heterocycles. The van der Waals surface area contributed by atoms with E-state index < -0.39 is 0 Å². The highest BCUT2D eigenvalue weighted by Gasteiger charge is 2.13. The predicted octanol–water partition coefficient (Wildman–Crippen LogP) is 2.80. The highest BCUT2D eigenvalue weighted by atomic mass is 16.2. The smallest absolute Gasteiger partial charge is 0.246 e. The number of carbonyl (C=O) groups excluding carboxylic acids is 1. The van der Waals surface area contributed by atoms with Gasteiger partial charge in [-0.1, -0.05) is 18.2 Å². The number of amides is 1. The number of hydrogen-bond donors (Lipinski definition) is 0. The lowest BCUT2D eigenvalue weighted by atomic mass is 10.1. The summed E-state index contributed by atoms with van der Waals surface area (Å²) in [6.07, 6.45) is 7.90. The molecule has 3 rings (SSSR count). The van der Waals surface area contributed by atoms with Crippen LogP contribution in [0, 0.1) is 0 Å². The van der Waals surface area contributed by atoms with Crippen LogP contribution in [-0.4, -0.2) is 53.9 Å². The minimum atomic E-state index is 0.0464. The number of pyridine rings is 1. The van der Waals surface area contributed by atoms with Gasteiger partial charge in [0.1, 0.15) is 0 Å². The maximum atomic E-state index is 12.3. The van der Waals surface area contributed by atoms with Crippen molar-refractivity contribution in [3.05, 3.63) is 48.2 Å². The molecule has 1 aliphatic heterocycles. The number of carbonyl (C=O) groups is 1. The molecule has 2 aromatic rings. The third-order valence-corrected chi connectivity index (χ3v) is 4.41. The van der Waals surface area contributed by atoms with Crippen LogP contribution in [0.1, 0.15) is 18.4 Å². The molecule has 1 aliphatic rings. The van der Waals surface area contributed by atoms with E-state index in [1.54, 1.807) is 17.2 Å². The molecular weight excluding hydrogens is 286 g/mol. The van der Waals surface area contributed by atoms with Crippen LogP contribution in [0.3, 0.4) is 0 Å². The van der Waals surface area contributed by atoms with Crippen LogP contribution in [0.2, 0.25) is 0 Å². The van der Waals surface area contributed by atoms with Gasteiger partial charge in [0.05, 0.1) is 5.52 Å². The lowest BCUT2D eigenvalue weighted by molar-refractivity contribution is -0.124. The first-order chi connectivity index (χ1) is 11.2. The minimum absolute atomic E-state index is 0.0464. The monoisotopic (exact) mass is 309 g/mol. The van der Waals surface area contributed by atoms with Crippen molar-refractivity contribution in [2.75, 3.05) is 33.2 Å². The van der Waals surface area contributed by atoms with E-state index in [0.717, 1.165) is 29.6 Å². The zero-order valence-electron chi connectivity index (χ0n) is 13.6. The average molecular weight is 309 g/mol. The van der Waals surface area contributed by atoms with E-state index in [1.807, 2.05) is 43.5 Å². The highest BCUT2D eigenvalue weighted by molar-refractivity contribution is 5.95. The van der Waals surface area contributed by atoms with Gasteiger partial charge < -0.3 is 9.80 Å². The van der Waals surface area contributed by atoms with E-state index in [0.29, 0.717) is 0 Å². The Balaban J connectivity index is 1.62. The van der Waals surface area contributed by atoms with Crippen molar-refractivity contribution in [2.24, 2.45) is 0 Å². The van der Waals surface area contributed by atoms with Crippen LogP contribution in [0.5, 0.6) is 0 Å². The first kappa shape index (κ1) is 15.7. The summed E-state index contributed by atoms with van der Waals surface area (Å²) >= 11 is 0. The van der Waals surface area contributed by atoms with Crippen LogP contribution in [0.15, 0.2) is 42.6 Å². The number of nitrogens with zero attached hydrogens (tertiary/aromatic N) is 3. The van der Waals surface area contributed by atoms with Crippen molar-refractivity contribution in [3.63, 3.8) is 0 Å². The normalized spacial score (nSPS) is 15.5. The molecule has 0 bridgehead atoms. The molecule has 0 radical (unpaired) electrons. The minimum Gasteiger partial charge on any atom is -0.341 e. The predicted molar refractivity (Wildman–Crippen MR) is 94.1 cm³/mol. The zero-order chi connectivity index (χ0) is 16.1. The van der Waals surface area contributed by atoms with Gasteiger partial charge in [-0.05, 0) is 49.7 Å². The maximum Gasteiger partial charge on any atom is 0.246 e. The first-order valence-electron chi connectivity index (χ1n) is 8.23. The molecule has 1 amide bonds. The van der Waals surface area contributed by atoms with Crippen molar-refractivity contribution in [2.45, 2.75) is 12.8 Å². The molecular formula is C19H23N3O. The zero-order valence-corrected chi connectivity index (χ0v) is 13.6. The standard InChI is InChI=1S/C19H23N3O/c1-21(14-15-22-12-4-5-13-22)19(23)9-8-16-10-11-20-18-7-3-2-6-17(16)18/h2-3,6-11H,4-5,12-15H2,1H3/b9-8+. The van der Waals surface area contributed by atoms with Gasteiger partial charge in [-0.25, -0.2) is 0 Å². The van der Waals surface area contributed by atoms with Gasteiger partial charge in [0, 0.05) is 37.8 Å². The second-order valence-electron chi connectivity index (χ2n) is 6.06. The molecule has 23 heavy (non-hydrogen) atoms. The molecule has 4 nitrogen and oxygen atoms in total. The van der Waals surface area contributed by atoms with Crippen LogP contribution >= 0.6 is 0 Å². The molecule has 1 aromatic heterocycles. The molecule has 0 spiro atoms. The third-order valence-electron chi connectivity index (χ3n) is 4.41. The van der Waals surface area contributed by atoms with Gasteiger partial charge >= 0.3 is 0 Å². The van der Waals surface area contributed by atoms with E-state index >= 15 is 0 Å². The number of likely N-dealkylation sites (N-methyl/N-ethyl adjacent to an activating group) is 1. The Labute approximate surface area is 137 Å². The van der Waals surface area contributed by atoms with Crippen molar-refractivity contribution in [1.29, 1.82) is 0 Å². The van der Waals surface area contributed by atoms with Crippen molar-refractivity contribution in [1.82, 2.24) is 14.8 Å². The summed E-state index contributed by atoms with van der Waals surface area (Å²) in [5, 5.41) is 1.07. The van der Waals surface area contributed by atoms with E-state index in [9.17, 15) is 4.79 Å². The SMILES string of the molecule is CN(CCN1CCCC1)C(=O)/C=C/c1ccnc2ccccc12. The summed E-state index contributed by atoms with van der Waals surface area (Å²) < 4.78 is 0. The Kier molecular flexibility index (Phi) is 5.03. The fourth-order valence-electron chi connectivity index (χ4n) is 2.96. The van der Waals surface area contributed by atoms with Gasteiger partial charge in [-0.3, -0.25) is 9.78 Å². The molecule has 0 unspecified atom stereocenters. The van der Waals surface area contributed by atoms with Crippen LogP contribution in [0.25, 0.3) is 17.0 Å². The van der Waals surface area contributed by atoms with Gasteiger partial charge in [0.25, 0.3) is 0 Å². The number of fused-ring (bicyclic) bond motifs is 1. The molecule has 1 aromatic carbocycles. The topological polar surface area (TPSA) is 36.4 Å². The average Bonchev–Trinajstić information content (AvgIpc) is 3.11. The highest BCUT2D eigenvalue weighted by Crippen LogP contribution is 2.17. The van der Waals surface area contributed by atoms with E-state index in [2.05, 4.69) is 9.88 Å². The molecule has 0 N–H and O–H groups in total. The van der Waals surface area contributed by atoms with Crippen LogP contribution in [-0.2, 0) is 4.79 Å². The summed E-state index contributed by atoms with van der Waals surface area (Å²) in [5.41, 5.74) is 1.97. The molecule has 4 heteroatoms. The lowest BCUT2D eigenvalue weighted by Gasteiger charge is -2.20. The largest absolute Gasteiger partial charge is 0.341 e. The lowest BCUT2D eigenvalue weighted by Crippen LogP contribution is -2.34. The molecule has 0 atom stereocenters. The van der Waals surface area contributed by atoms with Crippen molar-refractivity contribution in [3.8, 4) is 0 Å². The van der Waals surface area contributed by atoms with E-state index in [-0.39, 0.29) is 5.91 Å². The summed E-state index contributed by atoms with van der Waals surface area (Å²) in [7, 11) is 1.87. The fourth-order valence-corrected chi connectivity index (χ4v) is 2.96. The first-order valence-corrected chi connectivity index (χ1v) is 8.23. The quantitative estimate of drug-likeness (QED) is 0.797. The number of para-hydroxylation sites is 1. The number of rotatable bonds is 5. The Morgan fingerprint density at radius 1 is 1.26 bits per heavy atom. The van der Waals surface area contributed by atoms with Crippen molar-refractivity contribution < 1.29 is 4.79 Å². The third kappa shape index (κ3) is 3.96. The van der Waals surface area contributed by atoms with Crippen LogP contribution in [0.4, 0.5) is 0 Å². The molecule has 120 valence electrons. The van der Waals surface area contributed by atoms with Gasteiger partial charge in [-0.15, -0.1) is 0 Å². The van der Waals surface area contributed by atoms with E-state index in [4.69, 9.17) is 0 Å². The summed E-state index contributed by atoms with van der Waals surface area (Å²) in [5.74, 6) is 0.0464. The second-order valence-corrected chi connectivity index (χ2v) is 6.06. The number of aromatic nitrogens is 1. The summed E-state index contributed by atoms with van der Waals surface area (Å²) in [4.78, 5) is 20.8. The molecule has 0 aliphatic carbocycles. The number of likely N-dealkylation sites (tertiary alicyclic amines) is 1. The molecule has 0 saturated carbocycles. The maximum absolute atomic E-state index is 12.3. The fraction of sp³-hybridized carbons (Fsp3) is 0.368. The van der Waals surface area contributed by atoms with E-state index in [1.165, 1.54) is 25.9 Å². The Morgan fingerprint density at radius 3 is 2.87 bits per heavy atom. The molecule has 1 saturated heterocycles. The van der Waals surface area contributed by atoms with Gasteiger partial charge in [-0.2, -0.15) is 0 Å². The van der Waals surface area contributed by atoms with Gasteiger partial charge in [0.15, 0.2) is 0 Å². The number of hydrogen-bond acceptors (Lipinski definition) is 3. The molecule has 1 fully saturated rings. The summed E-state index contributed by atoms with van der Waals surface area (Å²) in [6.45, 7) is 4.08. The Hall–Kier alpha value is -2.20. The Bertz CT molecular complexity index is 699. The van der Waals surface area contributed by atoms with Crippen molar-refractivity contribution >= 4 is 22.9 Å². The Morgan fingerprint density at radius 2 is 2.04 bits per heavy atom. The summed E-state index contributed by atoms with van der Waals surface area (Å²) in [6, 6.07) is 9.92. The van der Waals surface area contributed by atoms with Crippen LogP contribution < -0.4 is 0 Å².